The van der Waals surface area contributed by atoms with E-state index >= 15 is 0 Å². The van der Waals surface area contributed by atoms with E-state index in [1.54, 1.807) is 4.90 Å². The van der Waals surface area contributed by atoms with Gasteiger partial charge >= 0.3 is 0 Å². The highest BCUT2D eigenvalue weighted by Crippen LogP contribution is 2.26. The topological polar surface area (TPSA) is 98.9 Å². The fourth-order valence-corrected chi connectivity index (χ4v) is 4.09. The number of ketones is 2. The van der Waals surface area contributed by atoms with Crippen LogP contribution in [0.4, 0.5) is 5.69 Å². The van der Waals surface area contributed by atoms with Crippen molar-refractivity contribution in [2.75, 3.05) is 24.7 Å². The van der Waals surface area contributed by atoms with Crippen LogP contribution in [0.5, 0.6) is 0 Å². The van der Waals surface area contributed by atoms with E-state index in [0.29, 0.717) is 71.3 Å². The van der Waals surface area contributed by atoms with Crippen LogP contribution >= 0.6 is 0 Å². The first-order valence-corrected chi connectivity index (χ1v) is 12.5. The second-order valence-corrected chi connectivity index (χ2v) is 8.78. The number of para-hydroxylation sites is 1. The molecule has 0 bridgehead atoms. The molecule has 0 spiro atoms. The van der Waals surface area contributed by atoms with Crippen LogP contribution in [0, 0.1) is 11.8 Å². The molecule has 1 heterocycles. The molecule has 2 aromatic carbocycles. The Labute approximate surface area is 212 Å². The van der Waals surface area contributed by atoms with Crippen LogP contribution in [-0.4, -0.2) is 37.3 Å². The molecule has 7 nitrogen and oxygen atoms in total. The van der Waals surface area contributed by atoms with Crippen LogP contribution in [-0.2, 0) is 30.5 Å². The minimum Gasteiger partial charge on any atom is -0.379 e. The van der Waals surface area contributed by atoms with E-state index in [2.05, 4.69) is 16.7 Å². The quantitative estimate of drug-likeness (QED) is 0.229. The summed E-state index contributed by atoms with van der Waals surface area (Å²) in [6, 6.07) is 15.5. The van der Waals surface area contributed by atoms with Crippen molar-refractivity contribution < 1.29 is 24.0 Å². The van der Waals surface area contributed by atoms with Crippen molar-refractivity contribution in [2.45, 2.75) is 57.9 Å². The Balaban J connectivity index is 1.41. The number of fused-ring (bicyclic) bond motifs is 2. The molecule has 0 unspecified atom stereocenters. The zero-order chi connectivity index (χ0) is 25.6. The van der Waals surface area contributed by atoms with Gasteiger partial charge in [0.2, 0.25) is 5.91 Å². The molecule has 0 aromatic heterocycles. The Morgan fingerprint density at radius 1 is 0.750 bits per heavy atom. The van der Waals surface area contributed by atoms with Crippen LogP contribution in [0.2, 0.25) is 0 Å². The molecule has 1 amide bonds. The minimum atomic E-state index is -0.0239. The summed E-state index contributed by atoms with van der Waals surface area (Å²) in [5, 5.41) is 0. The second-order valence-electron chi connectivity index (χ2n) is 8.78. The van der Waals surface area contributed by atoms with Crippen LogP contribution in [0.1, 0.15) is 68.1 Å². The summed E-state index contributed by atoms with van der Waals surface area (Å²) in [5.41, 5.74) is 3.54. The molecule has 0 atom stereocenters. The van der Waals surface area contributed by atoms with E-state index in [1.807, 2.05) is 48.5 Å². The lowest BCUT2D eigenvalue weighted by atomic mass is 10.0. The van der Waals surface area contributed by atoms with Crippen LogP contribution in [0.25, 0.3) is 0 Å². The molecule has 190 valence electrons. The van der Waals surface area contributed by atoms with Gasteiger partial charge in [-0.15, -0.1) is 0 Å². The third kappa shape index (κ3) is 8.72. The molecule has 0 aliphatic carbocycles. The van der Waals surface area contributed by atoms with Crippen molar-refractivity contribution in [3.05, 3.63) is 65.2 Å². The molecule has 1 aliphatic rings. The van der Waals surface area contributed by atoms with Gasteiger partial charge in [-0.05, 0) is 43.0 Å². The Hall–Kier alpha value is -3.31. The number of carbonyl (C=O) groups excluding carboxylic acids is 3. The van der Waals surface area contributed by atoms with Crippen molar-refractivity contribution in [3.63, 3.8) is 0 Å². The van der Waals surface area contributed by atoms with Crippen molar-refractivity contribution in [1.82, 2.24) is 0 Å². The number of nitrogens with two attached hydrogens (primary N) is 1. The highest BCUT2D eigenvalue weighted by molar-refractivity contribution is 5.95. The highest BCUT2D eigenvalue weighted by atomic mass is 16.6. The number of hydrogen-bond donors (Lipinski definition) is 1. The van der Waals surface area contributed by atoms with E-state index in [4.69, 9.17) is 10.6 Å². The molecular formula is C29H34N2O5. The summed E-state index contributed by atoms with van der Waals surface area (Å²) in [7, 11) is 0. The van der Waals surface area contributed by atoms with E-state index < -0.39 is 0 Å². The van der Waals surface area contributed by atoms with Gasteiger partial charge in [-0.2, -0.15) is 0 Å². The summed E-state index contributed by atoms with van der Waals surface area (Å²) in [6.07, 6.45) is 3.49. The maximum absolute atomic E-state index is 13.2. The Morgan fingerprint density at radius 2 is 1.36 bits per heavy atom. The Bertz CT molecular complexity index is 1100. The number of hydrogen-bond acceptors (Lipinski definition) is 6. The third-order valence-corrected chi connectivity index (χ3v) is 6.02. The normalized spacial score (nSPS) is 12.0. The van der Waals surface area contributed by atoms with Gasteiger partial charge in [0, 0.05) is 49.8 Å². The lowest BCUT2D eigenvalue weighted by Gasteiger charge is -2.26. The maximum atomic E-state index is 13.2. The Kier molecular flexibility index (Phi) is 11.3. The van der Waals surface area contributed by atoms with Gasteiger partial charge in [0.15, 0.2) is 0 Å². The number of nitrogens with zero attached hydrogens (tertiary/aromatic N) is 1. The van der Waals surface area contributed by atoms with Gasteiger partial charge in [0.1, 0.15) is 11.6 Å². The Morgan fingerprint density at radius 3 is 2.11 bits per heavy atom. The molecule has 0 saturated heterocycles. The van der Waals surface area contributed by atoms with Gasteiger partial charge in [0.25, 0.3) is 0 Å². The van der Waals surface area contributed by atoms with Crippen LogP contribution in [0.15, 0.2) is 48.5 Å². The smallest absolute Gasteiger partial charge is 0.227 e. The molecule has 0 fully saturated rings. The summed E-state index contributed by atoms with van der Waals surface area (Å²) in [4.78, 5) is 43.7. The fourth-order valence-electron chi connectivity index (χ4n) is 4.09. The molecule has 0 saturated carbocycles. The molecule has 2 N–H and O–H groups in total. The predicted molar refractivity (Wildman–Crippen MR) is 138 cm³/mol. The zero-order valence-electron chi connectivity index (χ0n) is 20.7. The average molecular weight is 491 g/mol. The molecule has 7 heteroatoms. The number of anilines is 1. The van der Waals surface area contributed by atoms with E-state index in [-0.39, 0.29) is 23.9 Å². The van der Waals surface area contributed by atoms with Gasteiger partial charge in [-0.1, -0.05) is 42.2 Å². The van der Waals surface area contributed by atoms with Gasteiger partial charge < -0.3 is 14.5 Å². The largest absolute Gasteiger partial charge is 0.379 e. The van der Waals surface area contributed by atoms with E-state index in [0.717, 1.165) is 22.4 Å². The minimum absolute atomic E-state index is 0.0239. The van der Waals surface area contributed by atoms with Gasteiger partial charge in [-0.3, -0.25) is 14.4 Å². The lowest BCUT2D eigenvalue weighted by Crippen LogP contribution is -2.31. The summed E-state index contributed by atoms with van der Waals surface area (Å²) >= 11 is 0. The predicted octanol–water partition coefficient (Wildman–Crippen LogP) is 4.10. The maximum Gasteiger partial charge on any atom is 0.227 e. The van der Waals surface area contributed by atoms with Gasteiger partial charge in [-0.25, -0.2) is 5.90 Å². The zero-order valence-corrected chi connectivity index (χ0v) is 20.7. The standard InChI is InChI=1S/C29H34N2O5/c30-36-21-20-35-19-7-14-27(33)12-5-11-26(32)13-6-16-29(34)31-22-25-10-2-1-8-23(25)17-18-24-9-3-4-15-28(24)31/h1-4,8-10,15H,5-7,11-14,16,19-22,30H2. The molecule has 3 rings (SSSR count). The number of carbonyl (C=O) groups is 3. The lowest BCUT2D eigenvalue weighted by molar-refractivity contribution is -0.120. The number of ether oxygens (including phenoxy) is 1. The monoisotopic (exact) mass is 490 g/mol. The van der Waals surface area contributed by atoms with Crippen molar-refractivity contribution in [2.24, 2.45) is 5.90 Å². The summed E-state index contributed by atoms with van der Waals surface area (Å²) < 4.78 is 5.28. The molecule has 36 heavy (non-hydrogen) atoms. The van der Waals surface area contributed by atoms with Crippen molar-refractivity contribution in [1.29, 1.82) is 0 Å². The first-order chi connectivity index (χ1) is 17.6. The van der Waals surface area contributed by atoms with E-state index in [1.165, 1.54) is 0 Å². The molecule has 1 aliphatic heterocycles. The third-order valence-electron chi connectivity index (χ3n) is 6.02. The fraction of sp³-hybridized carbons (Fsp3) is 0.414. The van der Waals surface area contributed by atoms with Crippen LogP contribution in [0.3, 0.4) is 0 Å². The van der Waals surface area contributed by atoms with Crippen molar-refractivity contribution in [3.8, 4) is 11.8 Å². The highest BCUT2D eigenvalue weighted by Gasteiger charge is 2.21. The second kappa shape index (κ2) is 14.9. The first-order valence-electron chi connectivity index (χ1n) is 12.5. The average Bonchev–Trinajstić information content (AvgIpc) is 2.87. The number of benzene rings is 2. The molecule has 0 radical (unpaired) electrons. The summed E-state index contributed by atoms with van der Waals surface area (Å²) in [5.74, 6) is 11.5. The molecular weight excluding hydrogens is 456 g/mol. The van der Waals surface area contributed by atoms with E-state index in [9.17, 15) is 14.4 Å². The number of rotatable bonds is 15. The summed E-state index contributed by atoms with van der Waals surface area (Å²) in [6.45, 7) is 1.67. The van der Waals surface area contributed by atoms with Gasteiger partial charge in [0.05, 0.1) is 25.4 Å². The van der Waals surface area contributed by atoms with Crippen molar-refractivity contribution >= 4 is 23.2 Å². The first kappa shape index (κ1) is 27.3. The SMILES string of the molecule is NOCCOCCCC(=O)CCCC(=O)CCCC(=O)N1Cc2ccccc2C#Cc2ccccc21. The number of amides is 1. The molecule has 2 aromatic rings. The number of Topliss-reactive ketones (excluding diaryl/α,β-unsaturated/α-hetero) is 2. The van der Waals surface area contributed by atoms with Crippen LogP contribution < -0.4 is 10.8 Å².